The number of furan rings is 2. The van der Waals surface area contributed by atoms with E-state index in [0.717, 1.165) is 22.8 Å². The summed E-state index contributed by atoms with van der Waals surface area (Å²) in [5, 5.41) is 4.00. The lowest BCUT2D eigenvalue weighted by atomic mass is 10.0. The lowest BCUT2D eigenvalue weighted by Crippen LogP contribution is -2.28. The van der Waals surface area contributed by atoms with Crippen LogP contribution in [0.4, 0.5) is 0 Å². The minimum atomic E-state index is -0.376. The number of nitrogens with one attached hydrogen (secondary N) is 1. The largest absolute Gasteiger partial charge is 0.467 e. The standard InChI is InChI=1S/C25H21N3O4S/c1-30-24(29)17-9-7-16(8-10-17)20-11-12-21(32-20)23-22(19-6-2-3-13-26-19)27-25(33)28(23)15-18-5-4-14-31-18/h2-14,22-23H,15H2,1H3,(H,27,33)/t22-,23-/m1/s1. The number of ether oxygens (including phenoxy) is 1. The highest BCUT2D eigenvalue weighted by atomic mass is 32.1. The quantitative estimate of drug-likeness (QED) is 0.322. The Morgan fingerprint density at radius 3 is 2.67 bits per heavy atom. The van der Waals surface area contributed by atoms with Gasteiger partial charge in [0.1, 0.15) is 23.3 Å². The molecule has 0 aliphatic carbocycles. The van der Waals surface area contributed by atoms with Crippen molar-refractivity contribution in [3.8, 4) is 11.3 Å². The number of carbonyl (C=O) groups is 1. The number of nitrogens with zero attached hydrogens (tertiary/aromatic N) is 2. The third-order valence-corrected chi connectivity index (χ3v) is 5.97. The summed E-state index contributed by atoms with van der Waals surface area (Å²) in [5.74, 6) is 1.86. The number of pyridine rings is 1. The van der Waals surface area contributed by atoms with Crippen molar-refractivity contribution in [2.75, 3.05) is 7.11 Å². The van der Waals surface area contributed by atoms with Crippen molar-refractivity contribution >= 4 is 23.3 Å². The van der Waals surface area contributed by atoms with Crippen LogP contribution in [0.5, 0.6) is 0 Å². The Hall–Kier alpha value is -3.91. The summed E-state index contributed by atoms with van der Waals surface area (Å²) in [7, 11) is 1.36. The van der Waals surface area contributed by atoms with Crippen LogP contribution in [-0.4, -0.2) is 28.1 Å². The highest BCUT2D eigenvalue weighted by molar-refractivity contribution is 7.80. The van der Waals surface area contributed by atoms with E-state index in [4.69, 9.17) is 25.8 Å². The zero-order valence-corrected chi connectivity index (χ0v) is 18.6. The van der Waals surface area contributed by atoms with E-state index < -0.39 is 0 Å². The van der Waals surface area contributed by atoms with Crippen LogP contribution >= 0.6 is 12.2 Å². The second-order valence-electron chi connectivity index (χ2n) is 7.60. The van der Waals surface area contributed by atoms with E-state index in [-0.39, 0.29) is 18.1 Å². The zero-order valence-electron chi connectivity index (χ0n) is 17.8. The summed E-state index contributed by atoms with van der Waals surface area (Å²) in [5.41, 5.74) is 2.21. The highest BCUT2D eigenvalue weighted by Crippen LogP contribution is 2.41. The molecule has 1 fully saturated rings. The molecule has 0 radical (unpaired) electrons. The molecule has 166 valence electrons. The van der Waals surface area contributed by atoms with E-state index >= 15 is 0 Å². The number of methoxy groups -OCH3 is 1. The third kappa shape index (κ3) is 4.12. The molecule has 0 bridgehead atoms. The van der Waals surface area contributed by atoms with Gasteiger partial charge in [-0.2, -0.15) is 0 Å². The van der Waals surface area contributed by atoms with Gasteiger partial charge in [0.15, 0.2) is 5.11 Å². The number of benzene rings is 1. The normalized spacial score (nSPS) is 17.7. The molecule has 4 heterocycles. The molecule has 1 aliphatic rings. The van der Waals surface area contributed by atoms with Gasteiger partial charge in [0.05, 0.1) is 37.2 Å². The topological polar surface area (TPSA) is 80.7 Å². The third-order valence-electron chi connectivity index (χ3n) is 5.61. The molecule has 1 aliphatic heterocycles. The number of hydrogen-bond donors (Lipinski definition) is 1. The smallest absolute Gasteiger partial charge is 0.337 e. The Morgan fingerprint density at radius 1 is 1.12 bits per heavy atom. The second-order valence-corrected chi connectivity index (χ2v) is 7.99. The molecule has 1 aromatic carbocycles. The fourth-order valence-corrected chi connectivity index (χ4v) is 4.32. The maximum atomic E-state index is 11.7. The molecule has 33 heavy (non-hydrogen) atoms. The van der Waals surface area contributed by atoms with Gasteiger partial charge in [-0.15, -0.1) is 0 Å². The molecule has 2 atom stereocenters. The summed E-state index contributed by atoms with van der Waals surface area (Å²) in [6.07, 6.45) is 3.42. The predicted molar refractivity (Wildman–Crippen MR) is 125 cm³/mol. The first kappa shape index (κ1) is 21.0. The van der Waals surface area contributed by atoms with Crippen LogP contribution in [-0.2, 0) is 11.3 Å². The molecule has 0 spiro atoms. The van der Waals surface area contributed by atoms with E-state index in [9.17, 15) is 4.79 Å². The molecule has 0 saturated carbocycles. The molecular weight excluding hydrogens is 438 g/mol. The van der Waals surface area contributed by atoms with E-state index in [0.29, 0.717) is 23.0 Å². The summed E-state index contributed by atoms with van der Waals surface area (Å²) in [6, 6.07) is 20.2. The van der Waals surface area contributed by atoms with Crippen molar-refractivity contribution < 1.29 is 18.4 Å². The number of aromatic nitrogens is 1. The molecular formula is C25H21N3O4S. The molecule has 8 heteroatoms. The van der Waals surface area contributed by atoms with Crippen molar-refractivity contribution in [3.05, 3.63) is 102 Å². The van der Waals surface area contributed by atoms with E-state index in [1.54, 1.807) is 24.6 Å². The first-order valence-corrected chi connectivity index (χ1v) is 10.8. The number of carbonyl (C=O) groups excluding carboxylic acids is 1. The van der Waals surface area contributed by atoms with Crippen molar-refractivity contribution in [3.63, 3.8) is 0 Å². The van der Waals surface area contributed by atoms with Gasteiger partial charge in [0, 0.05) is 11.8 Å². The van der Waals surface area contributed by atoms with Crippen molar-refractivity contribution in [1.82, 2.24) is 15.2 Å². The molecule has 1 N–H and O–H groups in total. The second kappa shape index (κ2) is 8.91. The van der Waals surface area contributed by atoms with Crippen molar-refractivity contribution in [2.24, 2.45) is 0 Å². The molecule has 5 rings (SSSR count). The maximum Gasteiger partial charge on any atom is 0.337 e. The van der Waals surface area contributed by atoms with Gasteiger partial charge in [-0.1, -0.05) is 18.2 Å². The van der Waals surface area contributed by atoms with Crippen LogP contribution in [0, 0.1) is 0 Å². The van der Waals surface area contributed by atoms with Crippen LogP contribution < -0.4 is 5.32 Å². The summed E-state index contributed by atoms with van der Waals surface area (Å²) >= 11 is 5.68. The van der Waals surface area contributed by atoms with Crippen molar-refractivity contribution in [2.45, 2.75) is 18.6 Å². The highest BCUT2D eigenvalue weighted by Gasteiger charge is 2.42. The Balaban J connectivity index is 1.49. The van der Waals surface area contributed by atoms with Gasteiger partial charge in [-0.3, -0.25) is 4.98 Å². The lowest BCUT2D eigenvalue weighted by molar-refractivity contribution is 0.0600. The van der Waals surface area contributed by atoms with E-state index in [2.05, 4.69) is 15.2 Å². The minimum Gasteiger partial charge on any atom is -0.467 e. The molecule has 0 unspecified atom stereocenters. The van der Waals surface area contributed by atoms with Gasteiger partial charge in [-0.05, 0) is 60.7 Å². The summed E-state index contributed by atoms with van der Waals surface area (Å²) in [6.45, 7) is 0.497. The molecule has 3 aromatic heterocycles. The average molecular weight is 460 g/mol. The number of thiocarbonyl (C=S) groups is 1. The zero-order chi connectivity index (χ0) is 22.8. The van der Waals surface area contributed by atoms with E-state index in [1.165, 1.54) is 7.11 Å². The van der Waals surface area contributed by atoms with Crippen LogP contribution in [0.3, 0.4) is 0 Å². The van der Waals surface area contributed by atoms with Gasteiger partial charge >= 0.3 is 5.97 Å². The minimum absolute atomic E-state index is 0.186. The Bertz CT molecular complexity index is 1250. The summed E-state index contributed by atoms with van der Waals surface area (Å²) < 4.78 is 16.7. The van der Waals surface area contributed by atoms with E-state index in [1.807, 2.05) is 54.6 Å². The molecule has 1 saturated heterocycles. The monoisotopic (exact) mass is 459 g/mol. The lowest BCUT2D eigenvalue weighted by Gasteiger charge is -2.25. The van der Waals surface area contributed by atoms with Crippen molar-refractivity contribution in [1.29, 1.82) is 0 Å². The average Bonchev–Trinajstić information content (AvgIpc) is 3.61. The van der Waals surface area contributed by atoms with Gasteiger partial charge in [0.25, 0.3) is 0 Å². The summed E-state index contributed by atoms with van der Waals surface area (Å²) in [4.78, 5) is 18.3. The molecule has 7 nitrogen and oxygen atoms in total. The SMILES string of the molecule is COC(=O)c1ccc(-c2ccc([C@@H]3[C@@H](c4ccccn4)NC(=S)N3Cc3ccco3)o2)cc1. The van der Waals surface area contributed by atoms with Crippen LogP contribution in [0.1, 0.15) is 39.7 Å². The van der Waals surface area contributed by atoms with Gasteiger partial charge < -0.3 is 23.8 Å². The number of rotatable bonds is 6. The Kier molecular flexibility index (Phi) is 5.66. The van der Waals surface area contributed by atoms with Gasteiger partial charge in [0.2, 0.25) is 0 Å². The van der Waals surface area contributed by atoms with Crippen LogP contribution in [0.2, 0.25) is 0 Å². The first-order chi connectivity index (χ1) is 16.1. The predicted octanol–water partition coefficient (Wildman–Crippen LogP) is 4.89. The maximum absolute atomic E-state index is 11.7. The first-order valence-electron chi connectivity index (χ1n) is 10.4. The van der Waals surface area contributed by atoms with Gasteiger partial charge in [-0.25, -0.2) is 4.79 Å². The Morgan fingerprint density at radius 2 is 1.97 bits per heavy atom. The van der Waals surface area contributed by atoms with Crippen LogP contribution in [0.25, 0.3) is 11.3 Å². The molecule has 0 amide bonds. The fraction of sp³-hybridized carbons (Fsp3) is 0.160. The molecule has 4 aromatic rings. The fourth-order valence-electron chi connectivity index (χ4n) is 4.01. The number of esters is 1. The van der Waals surface area contributed by atoms with Crippen LogP contribution in [0.15, 0.2) is 88.0 Å². The Labute approximate surface area is 196 Å². The number of hydrogen-bond acceptors (Lipinski definition) is 6.